The average Bonchev–Trinajstić information content (AvgIpc) is 2.89. The van der Waals surface area contributed by atoms with Gasteiger partial charge in [-0.15, -0.1) is 0 Å². The molecule has 216 valence electrons. The van der Waals surface area contributed by atoms with Crippen LogP contribution in [0.4, 0.5) is 0 Å². The Morgan fingerprint density at radius 1 is 0.417 bits per heavy atom. The van der Waals surface area contributed by atoms with Crippen LogP contribution in [0.25, 0.3) is 0 Å². The molecule has 0 saturated carbocycles. The largest absolute Gasteiger partial charge is 0.467 e. The number of ether oxygens (including phenoxy) is 8. The van der Waals surface area contributed by atoms with Gasteiger partial charge in [-0.1, -0.05) is 64.7 Å². The summed E-state index contributed by atoms with van der Waals surface area (Å²) in [5, 5.41) is 0. The lowest BCUT2D eigenvalue weighted by atomic mass is 10.1. The molecule has 0 bridgehead atoms. The van der Waals surface area contributed by atoms with E-state index in [9.17, 15) is 4.79 Å². The molecule has 0 N–H and O–H groups in total. The van der Waals surface area contributed by atoms with Gasteiger partial charge in [-0.3, -0.25) is 0 Å². The van der Waals surface area contributed by atoms with Gasteiger partial charge < -0.3 is 37.9 Å². The topological polar surface area (TPSA) is 90.9 Å². The lowest BCUT2D eigenvalue weighted by Gasteiger charge is -2.08. The van der Waals surface area contributed by atoms with Crippen LogP contribution >= 0.6 is 0 Å². The average molecular weight is 523 g/mol. The third kappa shape index (κ3) is 31.2. The third-order valence-electron chi connectivity index (χ3n) is 5.32. The van der Waals surface area contributed by atoms with Crippen LogP contribution in [0.3, 0.4) is 0 Å². The first-order valence-electron chi connectivity index (χ1n) is 13.9. The molecule has 0 amide bonds. The normalized spacial score (nSPS) is 11.3. The first-order valence-corrected chi connectivity index (χ1v) is 13.9. The highest BCUT2D eigenvalue weighted by Gasteiger charge is 1.99. The van der Waals surface area contributed by atoms with E-state index in [1.54, 1.807) is 0 Å². The van der Waals surface area contributed by atoms with Gasteiger partial charge in [-0.2, -0.15) is 0 Å². The quantitative estimate of drug-likeness (QED) is 0.0981. The number of carbonyl (C=O) groups excluding carboxylic acids is 1. The van der Waals surface area contributed by atoms with Crippen LogP contribution in [-0.2, 0) is 42.7 Å². The Balaban J connectivity index is 3.03. The maximum absolute atomic E-state index is 10.8. The smallest absolute Gasteiger partial charge is 0.331 e. The Bertz CT molecular complexity index is 424. The molecule has 0 unspecified atom stereocenters. The van der Waals surface area contributed by atoms with E-state index in [-0.39, 0.29) is 6.61 Å². The first kappa shape index (κ1) is 35.2. The van der Waals surface area contributed by atoms with Crippen LogP contribution in [0.15, 0.2) is 0 Å². The second kappa shape index (κ2) is 32.2. The lowest BCUT2D eigenvalue weighted by molar-refractivity contribution is -0.146. The van der Waals surface area contributed by atoms with E-state index in [1.165, 1.54) is 64.9 Å². The zero-order valence-corrected chi connectivity index (χ0v) is 23.1. The van der Waals surface area contributed by atoms with E-state index in [4.69, 9.17) is 33.2 Å². The minimum Gasteiger partial charge on any atom is -0.467 e. The summed E-state index contributed by atoms with van der Waals surface area (Å²) < 4.78 is 42.3. The Kier molecular flexibility index (Phi) is 31.5. The van der Waals surface area contributed by atoms with E-state index in [2.05, 4.69) is 11.7 Å². The highest BCUT2D eigenvalue weighted by atomic mass is 16.6. The van der Waals surface area contributed by atoms with Crippen molar-refractivity contribution in [2.45, 2.75) is 71.1 Å². The Hall–Kier alpha value is -0.810. The molecule has 9 heteroatoms. The van der Waals surface area contributed by atoms with Gasteiger partial charge in [-0.05, 0) is 6.42 Å². The number of hydrogen-bond acceptors (Lipinski definition) is 9. The first-order chi connectivity index (χ1) is 17.8. The van der Waals surface area contributed by atoms with Crippen LogP contribution in [-0.4, -0.2) is 106 Å². The summed E-state index contributed by atoms with van der Waals surface area (Å²) in [6.07, 6.45) is 13.4. The standard InChI is InChI=1S/C27H54O9/c1-3-4-5-6-7-8-9-10-11-12-13-30-14-15-31-16-17-32-18-19-33-20-21-34-22-23-35-24-25-36-26-27(28)29-2/h3-26H2,1-2H3. The van der Waals surface area contributed by atoms with Gasteiger partial charge >= 0.3 is 5.97 Å². The van der Waals surface area contributed by atoms with Crippen molar-refractivity contribution in [3.63, 3.8) is 0 Å². The highest BCUT2D eigenvalue weighted by molar-refractivity contribution is 5.70. The molecule has 0 aromatic carbocycles. The summed E-state index contributed by atoms with van der Waals surface area (Å²) in [5.74, 6) is -0.396. The molecule has 0 rings (SSSR count). The molecule has 9 nitrogen and oxygen atoms in total. The second-order valence-corrected chi connectivity index (χ2v) is 8.48. The number of rotatable bonds is 31. The second-order valence-electron chi connectivity index (χ2n) is 8.48. The molecular formula is C27H54O9. The van der Waals surface area contributed by atoms with Gasteiger partial charge in [-0.25, -0.2) is 4.79 Å². The molecular weight excluding hydrogens is 468 g/mol. The predicted molar refractivity (Wildman–Crippen MR) is 140 cm³/mol. The van der Waals surface area contributed by atoms with Gasteiger partial charge in [0.15, 0.2) is 0 Å². The van der Waals surface area contributed by atoms with E-state index >= 15 is 0 Å². The fraction of sp³-hybridized carbons (Fsp3) is 0.963. The Morgan fingerprint density at radius 2 is 0.722 bits per heavy atom. The van der Waals surface area contributed by atoms with E-state index in [0.717, 1.165) is 13.0 Å². The fourth-order valence-electron chi connectivity index (χ4n) is 3.23. The van der Waals surface area contributed by atoms with Crippen molar-refractivity contribution in [1.82, 2.24) is 0 Å². The summed E-state index contributed by atoms with van der Waals surface area (Å²) in [6.45, 7) is 9.20. The van der Waals surface area contributed by atoms with Gasteiger partial charge in [0.2, 0.25) is 0 Å². The highest BCUT2D eigenvalue weighted by Crippen LogP contribution is 2.10. The van der Waals surface area contributed by atoms with E-state index in [0.29, 0.717) is 79.3 Å². The Morgan fingerprint density at radius 3 is 1.08 bits per heavy atom. The van der Waals surface area contributed by atoms with Crippen LogP contribution in [0.1, 0.15) is 71.1 Å². The van der Waals surface area contributed by atoms with Crippen LogP contribution in [0.5, 0.6) is 0 Å². The molecule has 0 aromatic heterocycles. The minimum absolute atomic E-state index is 0.0566. The zero-order chi connectivity index (χ0) is 26.2. The summed E-state index contributed by atoms with van der Waals surface area (Å²) in [5.41, 5.74) is 0. The predicted octanol–water partition coefficient (Wildman–Crippen LogP) is 4.20. The van der Waals surface area contributed by atoms with Crippen LogP contribution in [0.2, 0.25) is 0 Å². The molecule has 0 radical (unpaired) electrons. The van der Waals surface area contributed by atoms with Crippen LogP contribution in [0, 0.1) is 0 Å². The minimum atomic E-state index is -0.396. The molecule has 0 saturated heterocycles. The molecule has 0 fully saturated rings. The van der Waals surface area contributed by atoms with Gasteiger partial charge in [0.1, 0.15) is 6.61 Å². The van der Waals surface area contributed by atoms with Gasteiger partial charge in [0.05, 0.1) is 86.4 Å². The number of methoxy groups -OCH3 is 1. The molecule has 0 heterocycles. The number of carbonyl (C=O) groups is 1. The molecule has 0 spiro atoms. The van der Waals surface area contributed by atoms with Crippen molar-refractivity contribution in [3.8, 4) is 0 Å². The van der Waals surface area contributed by atoms with Crippen molar-refractivity contribution in [2.24, 2.45) is 0 Å². The SMILES string of the molecule is CCCCCCCCCCCCOCCOCCOCCOCCOCCOCCOCC(=O)OC. The lowest BCUT2D eigenvalue weighted by Crippen LogP contribution is -2.15. The molecule has 0 aliphatic carbocycles. The van der Waals surface area contributed by atoms with E-state index in [1.807, 2.05) is 0 Å². The Labute approximate surface area is 219 Å². The summed E-state index contributed by atoms with van der Waals surface area (Å²) >= 11 is 0. The van der Waals surface area contributed by atoms with Gasteiger partial charge in [0, 0.05) is 6.61 Å². The molecule has 0 atom stereocenters. The molecule has 0 aliphatic rings. The van der Waals surface area contributed by atoms with E-state index < -0.39 is 5.97 Å². The van der Waals surface area contributed by atoms with Crippen molar-refractivity contribution in [2.75, 3.05) is 99.6 Å². The summed E-state index contributed by atoms with van der Waals surface area (Å²) in [7, 11) is 1.32. The monoisotopic (exact) mass is 522 g/mol. The van der Waals surface area contributed by atoms with Crippen molar-refractivity contribution in [3.05, 3.63) is 0 Å². The molecule has 0 aromatic rings. The summed E-state index contributed by atoms with van der Waals surface area (Å²) in [6, 6.07) is 0. The maximum atomic E-state index is 10.8. The maximum Gasteiger partial charge on any atom is 0.331 e. The van der Waals surface area contributed by atoms with Crippen molar-refractivity contribution >= 4 is 5.97 Å². The van der Waals surface area contributed by atoms with Crippen LogP contribution < -0.4 is 0 Å². The fourth-order valence-corrected chi connectivity index (χ4v) is 3.23. The molecule has 0 aliphatic heterocycles. The number of esters is 1. The molecule has 36 heavy (non-hydrogen) atoms. The zero-order valence-electron chi connectivity index (χ0n) is 23.1. The number of hydrogen-bond donors (Lipinski definition) is 0. The van der Waals surface area contributed by atoms with Crippen molar-refractivity contribution < 1.29 is 42.7 Å². The summed E-state index contributed by atoms with van der Waals surface area (Å²) in [4.78, 5) is 10.8. The van der Waals surface area contributed by atoms with Gasteiger partial charge in [0.25, 0.3) is 0 Å². The third-order valence-corrected chi connectivity index (χ3v) is 5.32. The number of unbranched alkanes of at least 4 members (excludes halogenated alkanes) is 9. The van der Waals surface area contributed by atoms with Crippen molar-refractivity contribution in [1.29, 1.82) is 0 Å².